The van der Waals surface area contributed by atoms with Crippen molar-refractivity contribution >= 4 is 18.0 Å². The van der Waals surface area contributed by atoms with Gasteiger partial charge in [-0.05, 0) is 17.5 Å². The minimum Gasteiger partial charge on any atom is -0.481 e. The molecule has 1 fully saturated rings. The van der Waals surface area contributed by atoms with Crippen LogP contribution in [0.5, 0.6) is 0 Å². The molecule has 0 aromatic heterocycles. The van der Waals surface area contributed by atoms with E-state index in [1.165, 1.54) is 0 Å². The van der Waals surface area contributed by atoms with E-state index in [0.29, 0.717) is 6.42 Å². The van der Waals surface area contributed by atoms with Gasteiger partial charge in [0.25, 0.3) is 0 Å². The molecule has 0 radical (unpaired) electrons. The Hall–Kier alpha value is -3.15. The monoisotopic (exact) mass is 367 g/mol. The predicted molar refractivity (Wildman–Crippen MR) is 98.2 cm³/mol. The van der Waals surface area contributed by atoms with Crippen LogP contribution in [-0.2, 0) is 20.7 Å². The number of carbonyl (C=O) groups excluding carboxylic acids is 2. The maximum absolute atomic E-state index is 12.9. The van der Waals surface area contributed by atoms with Crippen molar-refractivity contribution < 1.29 is 24.2 Å². The van der Waals surface area contributed by atoms with Crippen molar-refractivity contribution in [3.8, 4) is 0 Å². The van der Waals surface area contributed by atoms with Crippen LogP contribution < -0.4 is 0 Å². The standard InChI is InChI=1S/C21H21NO5/c23-19(12-17(13-20(24)25)16-9-5-2-6-10-16)22-18(14-27-21(22)26)11-15-7-3-1-4-8-15/h1-10,17-18H,11-14H2,(H,24,25)/t17-,18+/m1/s1. The number of nitrogens with zero attached hydrogens (tertiary/aromatic N) is 1. The Kier molecular flexibility index (Phi) is 5.86. The third kappa shape index (κ3) is 4.73. The lowest BCUT2D eigenvalue weighted by Gasteiger charge is -2.22. The largest absolute Gasteiger partial charge is 0.481 e. The molecular weight excluding hydrogens is 346 g/mol. The van der Waals surface area contributed by atoms with Gasteiger partial charge in [0.15, 0.2) is 0 Å². The van der Waals surface area contributed by atoms with Gasteiger partial charge in [-0.3, -0.25) is 9.59 Å². The first-order chi connectivity index (χ1) is 13.0. The quantitative estimate of drug-likeness (QED) is 0.812. The molecule has 27 heavy (non-hydrogen) atoms. The van der Waals surface area contributed by atoms with Gasteiger partial charge < -0.3 is 9.84 Å². The first-order valence-corrected chi connectivity index (χ1v) is 8.84. The first kappa shape index (κ1) is 18.6. The van der Waals surface area contributed by atoms with Gasteiger partial charge in [-0.15, -0.1) is 0 Å². The topological polar surface area (TPSA) is 83.9 Å². The van der Waals surface area contributed by atoms with E-state index in [1.54, 1.807) is 24.3 Å². The second-order valence-corrected chi connectivity index (χ2v) is 6.59. The van der Waals surface area contributed by atoms with Gasteiger partial charge in [0, 0.05) is 12.3 Å². The van der Waals surface area contributed by atoms with Gasteiger partial charge >= 0.3 is 12.1 Å². The average Bonchev–Trinajstić information content (AvgIpc) is 3.02. The number of aliphatic carboxylic acids is 1. The molecule has 1 saturated heterocycles. The molecule has 2 aromatic rings. The van der Waals surface area contributed by atoms with Gasteiger partial charge in [0.2, 0.25) is 5.91 Å². The Bertz CT molecular complexity index is 806. The third-order valence-electron chi connectivity index (χ3n) is 4.66. The number of benzene rings is 2. The number of carbonyl (C=O) groups is 3. The third-order valence-corrected chi connectivity index (χ3v) is 4.66. The number of carboxylic acids is 1. The molecule has 6 nitrogen and oxygen atoms in total. The molecule has 1 heterocycles. The van der Waals surface area contributed by atoms with Crippen molar-refractivity contribution in [2.45, 2.75) is 31.2 Å². The maximum atomic E-state index is 12.9. The van der Waals surface area contributed by atoms with Crippen LogP contribution in [0, 0.1) is 0 Å². The smallest absolute Gasteiger partial charge is 0.416 e. The summed E-state index contributed by atoms with van der Waals surface area (Å²) in [6.07, 6.45) is -0.394. The molecule has 2 amide bonds. The number of rotatable bonds is 7. The van der Waals surface area contributed by atoms with Gasteiger partial charge in [0.1, 0.15) is 6.61 Å². The summed E-state index contributed by atoms with van der Waals surface area (Å²) in [7, 11) is 0. The second-order valence-electron chi connectivity index (χ2n) is 6.59. The van der Waals surface area contributed by atoms with Crippen molar-refractivity contribution in [1.82, 2.24) is 4.90 Å². The molecular formula is C21H21NO5. The Morgan fingerprint density at radius 2 is 1.67 bits per heavy atom. The summed E-state index contributed by atoms with van der Waals surface area (Å²) in [5.41, 5.74) is 1.77. The van der Waals surface area contributed by atoms with Crippen molar-refractivity contribution in [1.29, 1.82) is 0 Å². The highest BCUT2D eigenvalue weighted by Crippen LogP contribution is 2.27. The van der Waals surface area contributed by atoms with Crippen LogP contribution in [0.25, 0.3) is 0 Å². The molecule has 140 valence electrons. The fourth-order valence-electron chi connectivity index (χ4n) is 3.36. The lowest BCUT2D eigenvalue weighted by atomic mass is 9.91. The highest BCUT2D eigenvalue weighted by molar-refractivity contribution is 5.94. The van der Waals surface area contributed by atoms with E-state index in [4.69, 9.17) is 4.74 Å². The molecule has 3 rings (SSSR count). The molecule has 6 heteroatoms. The summed E-state index contributed by atoms with van der Waals surface area (Å²) in [4.78, 5) is 37.4. The Morgan fingerprint density at radius 3 is 2.30 bits per heavy atom. The maximum Gasteiger partial charge on any atom is 0.416 e. The van der Waals surface area contributed by atoms with E-state index < -0.39 is 23.9 Å². The van der Waals surface area contributed by atoms with E-state index in [2.05, 4.69) is 0 Å². The highest BCUT2D eigenvalue weighted by atomic mass is 16.6. The molecule has 0 saturated carbocycles. The first-order valence-electron chi connectivity index (χ1n) is 8.84. The van der Waals surface area contributed by atoms with Gasteiger partial charge in [-0.2, -0.15) is 0 Å². The Labute approximate surface area is 157 Å². The van der Waals surface area contributed by atoms with E-state index in [1.807, 2.05) is 36.4 Å². The number of imide groups is 1. The lowest BCUT2D eigenvalue weighted by Crippen LogP contribution is -2.40. The van der Waals surface area contributed by atoms with Crippen LogP contribution >= 0.6 is 0 Å². The summed E-state index contributed by atoms with van der Waals surface area (Å²) in [6, 6.07) is 18.2. The minimum atomic E-state index is -0.985. The normalized spacial score (nSPS) is 17.4. The van der Waals surface area contributed by atoms with Crippen molar-refractivity contribution in [2.75, 3.05) is 6.61 Å². The number of ether oxygens (including phenoxy) is 1. The van der Waals surface area contributed by atoms with Crippen molar-refractivity contribution in [3.05, 3.63) is 71.8 Å². The second kappa shape index (κ2) is 8.49. The SMILES string of the molecule is O=C(O)C[C@@H](CC(=O)N1C(=O)OC[C@@H]1Cc1ccccc1)c1ccccc1. The summed E-state index contributed by atoms with van der Waals surface area (Å²) in [5.74, 6) is -1.89. The van der Waals surface area contributed by atoms with E-state index in [9.17, 15) is 19.5 Å². The number of hydrogen-bond donors (Lipinski definition) is 1. The number of cyclic esters (lactones) is 1. The lowest BCUT2D eigenvalue weighted by molar-refractivity contribution is -0.137. The number of hydrogen-bond acceptors (Lipinski definition) is 4. The summed E-state index contributed by atoms with van der Waals surface area (Å²) in [6.45, 7) is 0.147. The highest BCUT2D eigenvalue weighted by Gasteiger charge is 2.38. The molecule has 0 aliphatic carbocycles. The zero-order valence-electron chi connectivity index (χ0n) is 14.8. The predicted octanol–water partition coefficient (Wildman–Crippen LogP) is 3.23. The van der Waals surface area contributed by atoms with Gasteiger partial charge in [0.05, 0.1) is 12.5 Å². The molecule has 0 spiro atoms. The van der Waals surface area contributed by atoms with Crippen molar-refractivity contribution in [3.63, 3.8) is 0 Å². The molecule has 1 N–H and O–H groups in total. The Morgan fingerprint density at radius 1 is 1.04 bits per heavy atom. The van der Waals surface area contributed by atoms with Crippen molar-refractivity contribution in [2.24, 2.45) is 0 Å². The fourth-order valence-corrected chi connectivity index (χ4v) is 3.36. The van der Waals surface area contributed by atoms with Crippen LogP contribution in [0.1, 0.15) is 29.9 Å². The summed E-state index contributed by atoms with van der Waals surface area (Å²) >= 11 is 0. The van der Waals surface area contributed by atoms with E-state index in [0.717, 1.165) is 16.0 Å². The molecule has 2 aromatic carbocycles. The minimum absolute atomic E-state index is 0.0588. The Balaban J connectivity index is 1.75. The molecule has 0 bridgehead atoms. The molecule has 1 aliphatic heterocycles. The molecule has 2 atom stereocenters. The van der Waals surface area contributed by atoms with Gasteiger partial charge in [-0.1, -0.05) is 60.7 Å². The number of amides is 2. The molecule has 0 unspecified atom stereocenters. The fraction of sp³-hybridized carbons (Fsp3) is 0.286. The van der Waals surface area contributed by atoms with Crippen LogP contribution in [-0.4, -0.2) is 40.6 Å². The van der Waals surface area contributed by atoms with E-state index in [-0.39, 0.29) is 25.5 Å². The van der Waals surface area contributed by atoms with Crippen LogP contribution in [0.2, 0.25) is 0 Å². The molecule has 1 aliphatic rings. The van der Waals surface area contributed by atoms with Crippen LogP contribution in [0.15, 0.2) is 60.7 Å². The number of carboxylic acid groups (broad SMARTS) is 1. The average molecular weight is 367 g/mol. The van der Waals surface area contributed by atoms with Crippen LogP contribution in [0.4, 0.5) is 4.79 Å². The summed E-state index contributed by atoms with van der Waals surface area (Å²) < 4.78 is 5.09. The van der Waals surface area contributed by atoms with Crippen LogP contribution in [0.3, 0.4) is 0 Å². The van der Waals surface area contributed by atoms with E-state index >= 15 is 0 Å². The zero-order valence-corrected chi connectivity index (χ0v) is 14.8. The zero-order chi connectivity index (χ0) is 19.2. The summed E-state index contributed by atoms with van der Waals surface area (Å²) in [5, 5.41) is 9.21. The van der Waals surface area contributed by atoms with Gasteiger partial charge in [-0.25, -0.2) is 9.69 Å².